The molecule has 0 bridgehead atoms. The largest absolute Gasteiger partial charge is 0.381 e. The Kier molecular flexibility index (Phi) is 6.39. The van der Waals surface area contributed by atoms with Crippen molar-refractivity contribution in [3.63, 3.8) is 0 Å². The van der Waals surface area contributed by atoms with Gasteiger partial charge in [0, 0.05) is 35.0 Å². The lowest BCUT2D eigenvalue weighted by molar-refractivity contribution is 0.0992. The van der Waals surface area contributed by atoms with Gasteiger partial charge in [-0.1, -0.05) is 6.92 Å². The van der Waals surface area contributed by atoms with Gasteiger partial charge in [0.25, 0.3) is 0 Å². The van der Waals surface area contributed by atoms with Gasteiger partial charge in [-0.2, -0.15) is 0 Å². The molecule has 0 aromatic rings. The Morgan fingerprint density at radius 3 is 2.79 bits per heavy atom. The molecule has 0 amide bonds. The predicted molar refractivity (Wildman–Crippen MR) is 60.0 cm³/mol. The minimum Gasteiger partial charge on any atom is -0.381 e. The van der Waals surface area contributed by atoms with Gasteiger partial charge >= 0.3 is 0 Å². The molecule has 1 unspecified atom stereocenters. The zero-order valence-corrected chi connectivity index (χ0v) is 9.78. The fourth-order valence-electron chi connectivity index (χ4n) is 1.62. The molecule has 1 rings (SSSR count). The summed E-state index contributed by atoms with van der Waals surface area (Å²) in [7, 11) is -0.630. The molecule has 1 aliphatic heterocycles. The minimum atomic E-state index is -0.630. The van der Waals surface area contributed by atoms with E-state index in [1.54, 1.807) is 0 Å². The summed E-state index contributed by atoms with van der Waals surface area (Å²) in [5.41, 5.74) is 0. The highest BCUT2D eigenvalue weighted by Gasteiger charge is 2.19. The van der Waals surface area contributed by atoms with Crippen LogP contribution in [0.3, 0.4) is 0 Å². The third kappa shape index (κ3) is 4.53. The van der Waals surface area contributed by atoms with Crippen molar-refractivity contribution in [2.75, 3.05) is 32.1 Å². The van der Waals surface area contributed by atoms with Crippen LogP contribution in [0.1, 0.15) is 26.2 Å². The van der Waals surface area contributed by atoms with E-state index in [0.29, 0.717) is 5.25 Å². The molecular weight excluding hydrogens is 198 g/mol. The maximum atomic E-state index is 11.8. The highest BCUT2D eigenvalue weighted by Crippen LogP contribution is 2.13. The smallest absolute Gasteiger partial charge is 0.0477 e. The van der Waals surface area contributed by atoms with Gasteiger partial charge in [0.05, 0.1) is 0 Å². The first-order valence-corrected chi connectivity index (χ1v) is 6.88. The Labute approximate surface area is 89.1 Å². The lowest BCUT2D eigenvalue weighted by Crippen LogP contribution is -2.27. The summed E-state index contributed by atoms with van der Waals surface area (Å²) in [4.78, 5) is 0. The Morgan fingerprint density at radius 2 is 2.14 bits per heavy atom. The second-order valence-electron chi connectivity index (χ2n) is 3.60. The van der Waals surface area contributed by atoms with Gasteiger partial charge in [0.1, 0.15) is 0 Å². The molecule has 84 valence electrons. The van der Waals surface area contributed by atoms with Gasteiger partial charge in [0.15, 0.2) is 0 Å². The van der Waals surface area contributed by atoms with Gasteiger partial charge in [-0.25, -0.2) is 0 Å². The molecular formula is C10H21NO2S. The maximum Gasteiger partial charge on any atom is 0.0477 e. The SMILES string of the molecule is CCNCCCS(=O)C1CCOCC1. The van der Waals surface area contributed by atoms with Gasteiger partial charge in [-0.05, 0) is 32.4 Å². The van der Waals surface area contributed by atoms with Crippen LogP contribution in [0, 0.1) is 0 Å². The zero-order chi connectivity index (χ0) is 10.2. The van der Waals surface area contributed by atoms with Crippen LogP contribution < -0.4 is 5.32 Å². The Balaban J connectivity index is 2.07. The van der Waals surface area contributed by atoms with Gasteiger partial charge < -0.3 is 10.1 Å². The van der Waals surface area contributed by atoms with E-state index in [-0.39, 0.29) is 0 Å². The lowest BCUT2D eigenvalue weighted by atomic mass is 10.2. The van der Waals surface area contributed by atoms with Crippen molar-refractivity contribution in [2.45, 2.75) is 31.4 Å². The van der Waals surface area contributed by atoms with Crippen LogP contribution in [-0.2, 0) is 15.5 Å². The molecule has 1 heterocycles. The van der Waals surface area contributed by atoms with E-state index in [4.69, 9.17) is 4.74 Å². The molecule has 0 spiro atoms. The molecule has 1 fully saturated rings. The van der Waals surface area contributed by atoms with Crippen molar-refractivity contribution >= 4 is 10.8 Å². The molecule has 0 aliphatic carbocycles. The lowest BCUT2D eigenvalue weighted by Gasteiger charge is -2.21. The molecule has 1 N–H and O–H groups in total. The van der Waals surface area contributed by atoms with Crippen molar-refractivity contribution in [3.8, 4) is 0 Å². The van der Waals surface area contributed by atoms with Crippen LogP contribution in [-0.4, -0.2) is 41.5 Å². The topological polar surface area (TPSA) is 38.3 Å². The van der Waals surface area contributed by atoms with E-state index in [0.717, 1.165) is 51.3 Å². The second kappa shape index (κ2) is 7.37. The summed E-state index contributed by atoms with van der Waals surface area (Å²) in [6.45, 7) is 5.68. The van der Waals surface area contributed by atoms with Crippen molar-refractivity contribution in [1.29, 1.82) is 0 Å². The van der Waals surface area contributed by atoms with E-state index >= 15 is 0 Å². The molecule has 0 saturated carbocycles. The van der Waals surface area contributed by atoms with E-state index in [1.807, 2.05) is 0 Å². The van der Waals surface area contributed by atoms with Crippen LogP contribution in [0.5, 0.6) is 0 Å². The van der Waals surface area contributed by atoms with Crippen molar-refractivity contribution in [3.05, 3.63) is 0 Å². The van der Waals surface area contributed by atoms with E-state index in [2.05, 4.69) is 12.2 Å². The fourth-order valence-corrected chi connectivity index (χ4v) is 3.10. The summed E-state index contributed by atoms with van der Waals surface area (Å²) in [5.74, 6) is 0.845. The summed E-state index contributed by atoms with van der Waals surface area (Å²) >= 11 is 0. The number of hydrogen-bond donors (Lipinski definition) is 1. The molecule has 0 aromatic carbocycles. The predicted octanol–water partition coefficient (Wildman–Crippen LogP) is 0.914. The maximum absolute atomic E-state index is 11.8. The summed E-state index contributed by atoms with van der Waals surface area (Å²) < 4.78 is 17.0. The molecule has 4 heteroatoms. The van der Waals surface area contributed by atoms with E-state index < -0.39 is 10.8 Å². The van der Waals surface area contributed by atoms with E-state index in [9.17, 15) is 4.21 Å². The average Bonchev–Trinajstić information content (AvgIpc) is 2.25. The van der Waals surface area contributed by atoms with Crippen molar-refractivity contribution < 1.29 is 8.95 Å². The first-order chi connectivity index (χ1) is 6.84. The molecule has 0 radical (unpaired) electrons. The first-order valence-electron chi connectivity index (χ1n) is 5.50. The average molecular weight is 219 g/mol. The normalized spacial score (nSPS) is 20.9. The van der Waals surface area contributed by atoms with Gasteiger partial charge in [-0.15, -0.1) is 0 Å². The van der Waals surface area contributed by atoms with Crippen molar-refractivity contribution in [2.24, 2.45) is 0 Å². The van der Waals surface area contributed by atoms with Gasteiger partial charge in [0.2, 0.25) is 0 Å². The quantitative estimate of drug-likeness (QED) is 0.675. The number of ether oxygens (including phenoxy) is 1. The van der Waals surface area contributed by atoms with Gasteiger partial charge in [-0.3, -0.25) is 4.21 Å². The summed E-state index contributed by atoms with van der Waals surface area (Å²) in [5, 5.41) is 3.64. The number of rotatable bonds is 6. The number of hydrogen-bond acceptors (Lipinski definition) is 3. The Bertz CT molecular complexity index is 170. The highest BCUT2D eigenvalue weighted by atomic mass is 32.2. The highest BCUT2D eigenvalue weighted by molar-refractivity contribution is 7.85. The van der Waals surface area contributed by atoms with E-state index in [1.165, 1.54) is 0 Å². The first kappa shape index (κ1) is 12.1. The monoisotopic (exact) mass is 219 g/mol. The molecule has 1 saturated heterocycles. The molecule has 1 atom stereocenters. The minimum absolute atomic E-state index is 0.394. The third-order valence-corrected chi connectivity index (χ3v) is 4.40. The van der Waals surface area contributed by atoms with Crippen LogP contribution >= 0.6 is 0 Å². The summed E-state index contributed by atoms with van der Waals surface area (Å²) in [6.07, 6.45) is 2.99. The molecule has 14 heavy (non-hydrogen) atoms. The third-order valence-electron chi connectivity index (χ3n) is 2.49. The Morgan fingerprint density at radius 1 is 1.43 bits per heavy atom. The Hall–Kier alpha value is 0.0700. The second-order valence-corrected chi connectivity index (χ2v) is 5.44. The standard InChI is InChI=1S/C10H21NO2S/c1-2-11-6-3-9-14(12)10-4-7-13-8-5-10/h10-11H,2-9H2,1H3. The van der Waals surface area contributed by atoms with Crippen LogP contribution in [0.2, 0.25) is 0 Å². The fraction of sp³-hybridized carbons (Fsp3) is 1.00. The molecule has 1 aliphatic rings. The van der Waals surface area contributed by atoms with Crippen LogP contribution in [0.25, 0.3) is 0 Å². The summed E-state index contributed by atoms with van der Waals surface area (Å²) in [6, 6.07) is 0. The zero-order valence-electron chi connectivity index (χ0n) is 8.96. The van der Waals surface area contributed by atoms with Crippen molar-refractivity contribution in [1.82, 2.24) is 5.32 Å². The van der Waals surface area contributed by atoms with Crippen LogP contribution in [0.15, 0.2) is 0 Å². The number of nitrogens with one attached hydrogen (secondary N) is 1. The molecule has 0 aromatic heterocycles. The van der Waals surface area contributed by atoms with Crippen LogP contribution in [0.4, 0.5) is 0 Å². The molecule has 3 nitrogen and oxygen atoms in total.